The molecule has 2 aliphatic rings. The van der Waals surface area contributed by atoms with Crippen LogP contribution in [0.15, 0.2) is 35.6 Å². The molecule has 4 N–H and O–H groups in total. The number of benzene rings is 1. The fourth-order valence-electron chi connectivity index (χ4n) is 5.19. The minimum atomic E-state index is -0.399. The van der Waals surface area contributed by atoms with Gasteiger partial charge in [-0.05, 0) is 37.5 Å². The molecule has 1 amide bonds. The number of aliphatic imine (C=N–C) groups is 1. The van der Waals surface area contributed by atoms with Crippen LogP contribution in [-0.4, -0.2) is 51.6 Å². The lowest BCUT2D eigenvalue weighted by atomic mass is 9.95. The first-order valence-corrected chi connectivity index (χ1v) is 11.5. The molecule has 1 atom stereocenters. The predicted octanol–water partition coefficient (Wildman–Crippen LogP) is 3.48. The molecule has 32 heavy (non-hydrogen) atoms. The van der Waals surface area contributed by atoms with Crippen LogP contribution < -0.4 is 10.6 Å². The van der Waals surface area contributed by atoms with Gasteiger partial charge in [-0.15, -0.1) is 0 Å². The molecule has 0 unspecified atom stereocenters. The maximum absolute atomic E-state index is 12.6. The van der Waals surface area contributed by atoms with Crippen LogP contribution in [0.2, 0.25) is 0 Å². The minimum absolute atomic E-state index is 0.151. The van der Waals surface area contributed by atoms with Gasteiger partial charge in [-0.1, -0.05) is 25.3 Å². The van der Waals surface area contributed by atoms with E-state index in [0.717, 1.165) is 47.3 Å². The summed E-state index contributed by atoms with van der Waals surface area (Å²) in [5, 5.41) is 9.52. The number of amides is 1. The third-order valence-electron chi connectivity index (χ3n) is 6.94. The molecule has 1 aromatic carbocycles. The molecule has 2 aromatic heterocycles. The van der Waals surface area contributed by atoms with Gasteiger partial charge in [0.15, 0.2) is 0 Å². The van der Waals surface area contributed by atoms with E-state index < -0.39 is 5.91 Å². The van der Waals surface area contributed by atoms with Gasteiger partial charge < -0.3 is 25.3 Å². The number of aromatic nitrogens is 3. The standard InChI is InChI=1S/C24H30N6O2/c25-14-26-24(32)23-22(29-9-8-16(12-29)13-31)11-19(28-23)17-6-7-21-20(10-17)27-15-30(21)18-4-2-1-3-5-18/h6-7,10-11,14-16,18,28,31H,1-5,8-9,12-13H2,(H2,25,26,32)/t16-/m0/s1. The van der Waals surface area contributed by atoms with Crippen molar-refractivity contribution in [2.75, 3.05) is 24.6 Å². The molecule has 3 aromatic rings. The van der Waals surface area contributed by atoms with Crippen molar-refractivity contribution in [1.82, 2.24) is 14.5 Å². The van der Waals surface area contributed by atoms with Crippen molar-refractivity contribution < 1.29 is 9.90 Å². The van der Waals surface area contributed by atoms with Crippen molar-refractivity contribution in [2.24, 2.45) is 16.6 Å². The van der Waals surface area contributed by atoms with E-state index in [2.05, 4.69) is 42.6 Å². The topological polar surface area (TPSA) is 113 Å². The number of aromatic amines is 1. The highest BCUT2D eigenvalue weighted by Crippen LogP contribution is 2.35. The van der Waals surface area contributed by atoms with Crippen molar-refractivity contribution >= 4 is 29.0 Å². The van der Waals surface area contributed by atoms with Gasteiger partial charge in [0.2, 0.25) is 0 Å². The zero-order chi connectivity index (χ0) is 22.1. The number of rotatable bonds is 5. The SMILES string of the molecule is NC=NC(=O)c1[nH]c(-c2ccc3c(c2)ncn3C2CCCCC2)cc1N1CC[C@H](CO)C1. The van der Waals surface area contributed by atoms with Crippen LogP contribution in [0.4, 0.5) is 5.69 Å². The fraction of sp³-hybridized carbons (Fsp3) is 0.458. The highest BCUT2D eigenvalue weighted by molar-refractivity contribution is 6.03. The van der Waals surface area contributed by atoms with Crippen LogP contribution in [0.25, 0.3) is 22.3 Å². The van der Waals surface area contributed by atoms with E-state index in [1.165, 1.54) is 32.1 Å². The van der Waals surface area contributed by atoms with Crippen LogP contribution >= 0.6 is 0 Å². The smallest absolute Gasteiger partial charge is 0.296 e. The zero-order valence-electron chi connectivity index (χ0n) is 18.2. The molecular weight excluding hydrogens is 404 g/mol. The van der Waals surface area contributed by atoms with Gasteiger partial charge in [0.25, 0.3) is 5.91 Å². The molecule has 168 valence electrons. The first-order chi connectivity index (χ1) is 15.7. The molecule has 3 heterocycles. The van der Waals surface area contributed by atoms with E-state index in [0.29, 0.717) is 18.3 Å². The molecule has 2 fully saturated rings. The van der Waals surface area contributed by atoms with Gasteiger partial charge in [0, 0.05) is 42.9 Å². The Morgan fingerprint density at radius 2 is 2.09 bits per heavy atom. The van der Waals surface area contributed by atoms with Crippen LogP contribution in [0.5, 0.6) is 0 Å². The molecule has 0 bridgehead atoms. The molecule has 0 radical (unpaired) electrons. The number of aliphatic hydroxyl groups is 1. The van der Waals surface area contributed by atoms with Gasteiger partial charge in [0.05, 0.1) is 29.4 Å². The number of hydrogen-bond acceptors (Lipinski definition) is 4. The van der Waals surface area contributed by atoms with Crippen molar-refractivity contribution in [2.45, 2.75) is 44.6 Å². The monoisotopic (exact) mass is 434 g/mol. The number of imidazole rings is 1. The lowest BCUT2D eigenvalue weighted by Gasteiger charge is -2.23. The van der Waals surface area contributed by atoms with Gasteiger partial charge in [-0.2, -0.15) is 4.99 Å². The second-order valence-corrected chi connectivity index (χ2v) is 8.96. The lowest BCUT2D eigenvalue weighted by molar-refractivity contribution is 0.0999. The Hall–Kier alpha value is -3.13. The highest BCUT2D eigenvalue weighted by atomic mass is 16.3. The summed E-state index contributed by atoms with van der Waals surface area (Å²) in [5.74, 6) is -0.182. The van der Waals surface area contributed by atoms with Crippen LogP contribution in [0, 0.1) is 5.92 Å². The molecule has 8 heteroatoms. The van der Waals surface area contributed by atoms with E-state index in [1.54, 1.807) is 0 Å². The highest BCUT2D eigenvalue weighted by Gasteiger charge is 2.27. The first kappa shape index (κ1) is 20.8. The summed E-state index contributed by atoms with van der Waals surface area (Å²) in [4.78, 5) is 26.5. The van der Waals surface area contributed by atoms with E-state index in [4.69, 9.17) is 5.73 Å². The molecular formula is C24H30N6O2. The van der Waals surface area contributed by atoms with E-state index in [1.807, 2.05) is 12.4 Å². The number of H-pyrrole nitrogens is 1. The maximum atomic E-state index is 12.6. The number of aliphatic hydroxyl groups excluding tert-OH is 1. The van der Waals surface area contributed by atoms with Gasteiger partial charge in [0.1, 0.15) is 5.69 Å². The Bertz CT molecular complexity index is 1140. The zero-order valence-corrected chi connectivity index (χ0v) is 18.2. The normalized spacial score (nSPS) is 20.0. The minimum Gasteiger partial charge on any atom is -0.396 e. The molecule has 1 saturated heterocycles. The second kappa shape index (κ2) is 8.78. The Morgan fingerprint density at radius 3 is 2.84 bits per heavy atom. The molecule has 1 saturated carbocycles. The molecule has 1 aliphatic carbocycles. The van der Waals surface area contributed by atoms with E-state index >= 15 is 0 Å². The number of fused-ring (bicyclic) bond motifs is 1. The molecule has 8 nitrogen and oxygen atoms in total. The summed E-state index contributed by atoms with van der Waals surface area (Å²) in [6, 6.07) is 8.82. The van der Waals surface area contributed by atoms with Crippen LogP contribution in [0.3, 0.4) is 0 Å². The second-order valence-electron chi connectivity index (χ2n) is 8.96. The number of hydrogen-bond donors (Lipinski definition) is 3. The number of anilines is 1. The number of carbonyl (C=O) groups excluding carboxylic acids is 1. The summed E-state index contributed by atoms with van der Waals surface area (Å²) in [7, 11) is 0. The van der Waals surface area contributed by atoms with Gasteiger partial charge in [-0.3, -0.25) is 4.79 Å². The third kappa shape index (κ3) is 3.79. The Balaban J connectivity index is 1.49. The molecule has 5 rings (SSSR count). The quantitative estimate of drug-likeness (QED) is 0.420. The Kier molecular flexibility index (Phi) is 5.70. The van der Waals surface area contributed by atoms with E-state index in [-0.39, 0.29) is 12.5 Å². The Morgan fingerprint density at radius 1 is 1.25 bits per heavy atom. The number of nitrogens with two attached hydrogens (primary N) is 1. The summed E-state index contributed by atoms with van der Waals surface area (Å²) in [5.41, 5.74) is 10.5. The summed E-state index contributed by atoms with van der Waals surface area (Å²) in [6.45, 7) is 1.66. The molecule has 1 aliphatic heterocycles. The number of nitrogens with one attached hydrogen (secondary N) is 1. The van der Waals surface area contributed by atoms with Crippen molar-refractivity contribution in [1.29, 1.82) is 0 Å². The Labute approximate surface area is 187 Å². The first-order valence-electron chi connectivity index (χ1n) is 11.5. The summed E-state index contributed by atoms with van der Waals surface area (Å²) >= 11 is 0. The van der Waals surface area contributed by atoms with Crippen molar-refractivity contribution in [3.8, 4) is 11.3 Å². The number of nitrogens with zero attached hydrogens (tertiary/aromatic N) is 4. The maximum Gasteiger partial charge on any atom is 0.296 e. The predicted molar refractivity (Wildman–Crippen MR) is 126 cm³/mol. The average Bonchev–Trinajstić information content (AvgIpc) is 3.57. The summed E-state index contributed by atoms with van der Waals surface area (Å²) in [6.07, 6.45) is 10.2. The van der Waals surface area contributed by atoms with Crippen LogP contribution in [-0.2, 0) is 0 Å². The van der Waals surface area contributed by atoms with E-state index in [9.17, 15) is 9.90 Å². The van der Waals surface area contributed by atoms with Gasteiger partial charge in [-0.25, -0.2) is 4.98 Å². The molecule has 0 spiro atoms. The largest absolute Gasteiger partial charge is 0.396 e. The summed E-state index contributed by atoms with van der Waals surface area (Å²) < 4.78 is 2.32. The third-order valence-corrected chi connectivity index (χ3v) is 6.94. The average molecular weight is 435 g/mol. The van der Waals surface area contributed by atoms with Crippen molar-refractivity contribution in [3.63, 3.8) is 0 Å². The van der Waals surface area contributed by atoms with Crippen LogP contribution in [0.1, 0.15) is 55.1 Å². The fourth-order valence-corrected chi connectivity index (χ4v) is 5.19. The number of carbonyl (C=O) groups is 1. The lowest BCUT2D eigenvalue weighted by Crippen LogP contribution is -2.22. The van der Waals surface area contributed by atoms with Crippen molar-refractivity contribution in [3.05, 3.63) is 36.3 Å². The van der Waals surface area contributed by atoms with Gasteiger partial charge >= 0.3 is 0 Å².